The van der Waals surface area contributed by atoms with Crippen LogP contribution in [0.3, 0.4) is 0 Å². The monoisotopic (exact) mass is 198 g/mol. The minimum absolute atomic E-state index is 0.138. The van der Waals surface area contributed by atoms with Gasteiger partial charge in [-0.1, -0.05) is 19.9 Å². The van der Waals surface area contributed by atoms with Gasteiger partial charge in [0.05, 0.1) is 0 Å². The van der Waals surface area contributed by atoms with Gasteiger partial charge in [0.15, 0.2) is 0 Å². The van der Waals surface area contributed by atoms with Crippen molar-refractivity contribution in [1.29, 1.82) is 0 Å². The first kappa shape index (κ1) is 12.7. The maximum absolute atomic E-state index is 11.3. The van der Waals surface area contributed by atoms with E-state index in [1.54, 1.807) is 19.9 Å². The van der Waals surface area contributed by atoms with Crippen molar-refractivity contribution in [2.24, 2.45) is 11.7 Å². The quantitative estimate of drug-likeness (QED) is 0.613. The van der Waals surface area contributed by atoms with E-state index in [1.165, 1.54) is 0 Å². The summed E-state index contributed by atoms with van der Waals surface area (Å²) in [5.74, 6) is -0.792. The number of nitrogens with one attached hydrogen (secondary N) is 1. The number of amides is 2. The predicted molar refractivity (Wildman–Crippen MR) is 55.4 cm³/mol. The van der Waals surface area contributed by atoms with E-state index in [9.17, 15) is 9.59 Å². The number of hydrogen-bond acceptors (Lipinski definition) is 2. The molecule has 0 aliphatic carbocycles. The fourth-order valence-corrected chi connectivity index (χ4v) is 0.908. The van der Waals surface area contributed by atoms with E-state index < -0.39 is 11.9 Å². The van der Waals surface area contributed by atoms with E-state index >= 15 is 0 Å². The van der Waals surface area contributed by atoms with Gasteiger partial charge in [0.2, 0.25) is 11.8 Å². The second-order valence-electron chi connectivity index (χ2n) is 3.48. The van der Waals surface area contributed by atoms with E-state index in [0.29, 0.717) is 12.8 Å². The van der Waals surface area contributed by atoms with E-state index in [-0.39, 0.29) is 11.8 Å². The lowest BCUT2D eigenvalue weighted by Gasteiger charge is -2.15. The molecule has 0 saturated carbocycles. The van der Waals surface area contributed by atoms with Gasteiger partial charge in [-0.05, 0) is 12.8 Å². The van der Waals surface area contributed by atoms with Crippen molar-refractivity contribution < 1.29 is 9.59 Å². The number of primary amides is 1. The van der Waals surface area contributed by atoms with Gasteiger partial charge in [-0.3, -0.25) is 9.59 Å². The molecule has 0 aromatic rings. The van der Waals surface area contributed by atoms with Crippen LogP contribution in [-0.4, -0.2) is 17.9 Å². The number of nitrogens with two attached hydrogens (primary N) is 1. The first-order valence-corrected chi connectivity index (χ1v) is 4.69. The zero-order valence-corrected chi connectivity index (χ0v) is 8.75. The SMILES string of the molecule is C=CCC[C@H](NC(=O)C(C)C)C(N)=O. The van der Waals surface area contributed by atoms with Crippen LogP contribution >= 0.6 is 0 Å². The van der Waals surface area contributed by atoms with E-state index in [4.69, 9.17) is 5.73 Å². The third-order valence-electron chi connectivity index (χ3n) is 1.84. The minimum atomic E-state index is -0.581. The highest BCUT2D eigenvalue weighted by molar-refractivity contribution is 5.87. The first-order chi connectivity index (χ1) is 6.49. The average molecular weight is 198 g/mol. The Morgan fingerprint density at radius 2 is 2.07 bits per heavy atom. The Hall–Kier alpha value is -1.32. The van der Waals surface area contributed by atoms with Crippen LogP contribution in [0.15, 0.2) is 12.7 Å². The van der Waals surface area contributed by atoms with Crippen molar-refractivity contribution >= 4 is 11.8 Å². The van der Waals surface area contributed by atoms with Crippen molar-refractivity contribution in [3.8, 4) is 0 Å². The lowest BCUT2D eigenvalue weighted by Crippen LogP contribution is -2.45. The summed E-state index contributed by atoms with van der Waals surface area (Å²) in [5, 5.41) is 2.59. The highest BCUT2D eigenvalue weighted by atomic mass is 16.2. The fourth-order valence-electron chi connectivity index (χ4n) is 0.908. The van der Waals surface area contributed by atoms with Crippen molar-refractivity contribution in [2.45, 2.75) is 32.7 Å². The fraction of sp³-hybridized carbons (Fsp3) is 0.600. The molecule has 0 aromatic carbocycles. The maximum atomic E-state index is 11.3. The number of hydrogen-bond donors (Lipinski definition) is 2. The van der Waals surface area contributed by atoms with Gasteiger partial charge in [-0.2, -0.15) is 0 Å². The third-order valence-corrected chi connectivity index (χ3v) is 1.84. The van der Waals surface area contributed by atoms with Gasteiger partial charge in [0, 0.05) is 5.92 Å². The highest BCUT2D eigenvalue weighted by Crippen LogP contribution is 2.00. The molecule has 0 aliphatic rings. The second-order valence-corrected chi connectivity index (χ2v) is 3.48. The summed E-state index contributed by atoms with van der Waals surface area (Å²) in [7, 11) is 0. The zero-order valence-electron chi connectivity index (χ0n) is 8.75. The molecule has 4 heteroatoms. The lowest BCUT2D eigenvalue weighted by atomic mass is 10.1. The van der Waals surface area contributed by atoms with Crippen LogP contribution in [0.2, 0.25) is 0 Å². The Morgan fingerprint density at radius 1 is 1.50 bits per heavy atom. The van der Waals surface area contributed by atoms with Gasteiger partial charge in [0.1, 0.15) is 6.04 Å². The molecule has 4 nitrogen and oxygen atoms in total. The lowest BCUT2D eigenvalue weighted by molar-refractivity contribution is -0.129. The van der Waals surface area contributed by atoms with Gasteiger partial charge in [0.25, 0.3) is 0 Å². The molecule has 2 amide bonds. The summed E-state index contributed by atoms with van der Waals surface area (Å²) in [5.41, 5.74) is 5.14. The molecule has 14 heavy (non-hydrogen) atoms. The summed E-state index contributed by atoms with van der Waals surface area (Å²) < 4.78 is 0. The van der Waals surface area contributed by atoms with Crippen molar-refractivity contribution in [2.75, 3.05) is 0 Å². The Morgan fingerprint density at radius 3 is 2.43 bits per heavy atom. The predicted octanol–water partition coefficient (Wildman–Crippen LogP) is 0.579. The van der Waals surface area contributed by atoms with Crippen LogP contribution < -0.4 is 11.1 Å². The number of carbonyl (C=O) groups is 2. The summed E-state index contributed by atoms with van der Waals surface area (Å²) in [6, 6.07) is -0.581. The molecule has 1 atom stereocenters. The van der Waals surface area contributed by atoms with Crippen molar-refractivity contribution in [3.05, 3.63) is 12.7 Å². The normalized spacial score (nSPS) is 12.2. The largest absolute Gasteiger partial charge is 0.368 e. The topological polar surface area (TPSA) is 72.2 Å². The summed E-state index contributed by atoms with van der Waals surface area (Å²) in [6.45, 7) is 7.07. The summed E-state index contributed by atoms with van der Waals surface area (Å²) >= 11 is 0. The summed E-state index contributed by atoms with van der Waals surface area (Å²) in [6.07, 6.45) is 2.86. The Kier molecular flexibility index (Phi) is 5.60. The molecule has 0 aromatic heterocycles. The molecule has 0 spiro atoms. The van der Waals surface area contributed by atoms with Crippen LogP contribution in [0.1, 0.15) is 26.7 Å². The molecule has 0 heterocycles. The highest BCUT2D eigenvalue weighted by Gasteiger charge is 2.18. The standard InChI is InChI=1S/C10H18N2O2/c1-4-5-6-8(9(11)13)12-10(14)7(2)3/h4,7-8H,1,5-6H2,2-3H3,(H2,11,13)(H,12,14)/t8-/m0/s1. The molecule has 80 valence electrons. The number of allylic oxidation sites excluding steroid dienone is 1. The Labute approximate surface area is 84.5 Å². The molecule has 0 rings (SSSR count). The van der Waals surface area contributed by atoms with E-state index in [1.807, 2.05) is 0 Å². The van der Waals surface area contributed by atoms with E-state index in [2.05, 4.69) is 11.9 Å². The van der Waals surface area contributed by atoms with Gasteiger partial charge in [-0.25, -0.2) is 0 Å². The maximum Gasteiger partial charge on any atom is 0.240 e. The molecule has 0 radical (unpaired) electrons. The number of rotatable bonds is 6. The molecule has 3 N–H and O–H groups in total. The minimum Gasteiger partial charge on any atom is -0.368 e. The molecular weight excluding hydrogens is 180 g/mol. The molecule has 0 saturated heterocycles. The van der Waals surface area contributed by atoms with Gasteiger partial charge in [-0.15, -0.1) is 6.58 Å². The molecule has 0 unspecified atom stereocenters. The zero-order chi connectivity index (χ0) is 11.1. The van der Waals surface area contributed by atoms with Gasteiger partial charge >= 0.3 is 0 Å². The van der Waals surface area contributed by atoms with Gasteiger partial charge < -0.3 is 11.1 Å². The average Bonchev–Trinajstić information content (AvgIpc) is 2.10. The van der Waals surface area contributed by atoms with Crippen LogP contribution in [-0.2, 0) is 9.59 Å². The Balaban J connectivity index is 4.15. The van der Waals surface area contributed by atoms with E-state index in [0.717, 1.165) is 0 Å². The molecule has 0 bridgehead atoms. The van der Waals surface area contributed by atoms with Crippen molar-refractivity contribution in [1.82, 2.24) is 5.32 Å². The first-order valence-electron chi connectivity index (χ1n) is 4.69. The molecule has 0 fully saturated rings. The summed E-state index contributed by atoms with van der Waals surface area (Å²) in [4.78, 5) is 22.2. The number of carbonyl (C=O) groups excluding carboxylic acids is 2. The van der Waals surface area contributed by atoms with Crippen LogP contribution in [0, 0.1) is 5.92 Å². The smallest absolute Gasteiger partial charge is 0.240 e. The third kappa shape index (κ3) is 4.64. The Bertz CT molecular complexity index is 224. The van der Waals surface area contributed by atoms with Crippen LogP contribution in [0.4, 0.5) is 0 Å². The molecular formula is C10H18N2O2. The van der Waals surface area contributed by atoms with Crippen LogP contribution in [0.25, 0.3) is 0 Å². The van der Waals surface area contributed by atoms with Crippen molar-refractivity contribution in [3.63, 3.8) is 0 Å². The van der Waals surface area contributed by atoms with Crippen LogP contribution in [0.5, 0.6) is 0 Å². The molecule has 0 aliphatic heterocycles. The second kappa shape index (κ2) is 6.18.